The Morgan fingerprint density at radius 1 is 0.846 bits per heavy atom. The van der Waals surface area contributed by atoms with Gasteiger partial charge in [0.05, 0.1) is 6.54 Å². The lowest BCUT2D eigenvalue weighted by molar-refractivity contribution is -0.124. The second-order valence-corrected chi connectivity index (χ2v) is 10.4. The molecule has 0 amide bonds. The molecule has 1 saturated heterocycles. The Hall–Kier alpha value is -0.370. The Morgan fingerprint density at radius 3 is 2.12 bits per heavy atom. The third-order valence-corrected chi connectivity index (χ3v) is 8.86. The summed E-state index contributed by atoms with van der Waals surface area (Å²) in [5.74, 6) is 1.79. The number of ketones is 1. The maximum Gasteiger partial charge on any atom is 0.149 e. The third-order valence-electron chi connectivity index (χ3n) is 8.86. The topological polar surface area (TPSA) is 20.3 Å². The molecule has 2 unspecified atom stereocenters. The van der Waals surface area contributed by atoms with Crippen molar-refractivity contribution >= 4 is 5.78 Å². The van der Waals surface area contributed by atoms with Crippen LogP contribution >= 0.6 is 0 Å². The lowest BCUT2D eigenvalue weighted by Gasteiger charge is -2.49. The average Bonchev–Trinajstić information content (AvgIpc) is 2.86. The minimum absolute atomic E-state index is 0.341. The molecule has 2 atom stereocenters. The maximum absolute atomic E-state index is 13.0. The molecular weight excluding hydrogens is 318 g/mol. The molecule has 3 fully saturated rings. The lowest BCUT2D eigenvalue weighted by Crippen LogP contribution is -2.40. The van der Waals surface area contributed by atoms with Gasteiger partial charge in [-0.25, -0.2) is 0 Å². The molecule has 0 aromatic carbocycles. The van der Waals surface area contributed by atoms with E-state index >= 15 is 0 Å². The van der Waals surface area contributed by atoms with E-state index in [9.17, 15) is 4.79 Å². The van der Waals surface area contributed by atoms with Gasteiger partial charge in [0.1, 0.15) is 5.78 Å². The van der Waals surface area contributed by atoms with Gasteiger partial charge in [0.25, 0.3) is 0 Å². The first-order chi connectivity index (χ1) is 12.5. The molecule has 150 valence electrons. The second kappa shape index (κ2) is 8.76. The molecule has 0 bridgehead atoms. The minimum Gasteiger partial charge on any atom is -0.298 e. The number of rotatable bonds is 5. The summed E-state index contributed by atoms with van der Waals surface area (Å²) >= 11 is 0. The van der Waals surface area contributed by atoms with Crippen molar-refractivity contribution in [3.05, 3.63) is 0 Å². The van der Waals surface area contributed by atoms with Gasteiger partial charge in [-0.1, -0.05) is 52.9 Å². The van der Waals surface area contributed by atoms with Crippen LogP contribution in [-0.4, -0.2) is 30.3 Å². The normalized spacial score (nSPS) is 34.3. The van der Waals surface area contributed by atoms with Gasteiger partial charge in [-0.15, -0.1) is 0 Å². The van der Waals surface area contributed by atoms with Gasteiger partial charge >= 0.3 is 0 Å². The van der Waals surface area contributed by atoms with Crippen molar-refractivity contribution in [2.24, 2.45) is 22.7 Å². The van der Waals surface area contributed by atoms with Crippen LogP contribution in [-0.2, 0) is 4.79 Å². The van der Waals surface area contributed by atoms with E-state index < -0.39 is 0 Å². The van der Waals surface area contributed by atoms with Gasteiger partial charge in [-0.3, -0.25) is 9.69 Å². The minimum atomic E-state index is 0.341. The molecule has 0 N–H and O–H groups in total. The number of carbonyl (C=O) groups is 1. The van der Waals surface area contributed by atoms with E-state index in [1.54, 1.807) is 0 Å². The van der Waals surface area contributed by atoms with Gasteiger partial charge in [0, 0.05) is 5.92 Å². The highest BCUT2D eigenvalue weighted by atomic mass is 16.1. The van der Waals surface area contributed by atoms with Crippen LogP contribution in [0.25, 0.3) is 0 Å². The van der Waals surface area contributed by atoms with Crippen LogP contribution in [0.2, 0.25) is 0 Å². The highest BCUT2D eigenvalue weighted by Gasteiger charge is 2.45. The lowest BCUT2D eigenvalue weighted by atomic mass is 9.56. The molecule has 3 aliphatic rings. The summed E-state index contributed by atoms with van der Waals surface area (Å²) in [5, 5.41) is 0. The van der Waals surface area contributed by atoms with Crippen LogP contribution in [0, 0.1) is 22.7 Å². The predicted octanol–water partition coefficient (Wildman–Crippen LogP) is 6.23. The SMILES string of the molecule is CCC1CCN(CC(=O)C2CCCC(C)(C3(C)CCCCC3)CC2)CC1. The Bertz CT molecular complexity index is 459. The monoisotopic (exact) mass is 361 g/mol. The van der Waals surface area contributed by atoms with E-state index in [4.69, 9.17) is 0 Å². The molecule has 2 saturated carbocycles. The fourth-order valence-electron chi connectivity index (χ4n) is 6.26. The molecule has 0 spiro atoms. The van der Waals surface area contributed by atoms with E-state index in [0.717, 1.165) is 38.4 Å². The molecule has 3 rings (SSSR count). The number of nitrogens with zero attached hydrogens (tertiary/aromatic N) is 1. The van der Waals surface area contributed by atoms with Gasteiger partial charge in [0.15, 0.2) is 0 Å². The van der Waals surface area contributed by atoms with Crippen molar-refractivity contribution in [1.29, 1.82) is 0 Å². The van der Waals surface area contributed by atoms with Gasteiger partial charge in [0.2, 0.25) is 0 Å². The first-order valence-corrected chi connectivity index (χ1v) is 11.7. The number of hydrogen-bond donors (Lipinski definition) is 0. The van der Waals surface area contributed by atoms with E-state index in [1.165, 1.54) is 70.6 Å². The molecule has 0 aromatic heterocycles. The van der Waals surface area contributed by atoms with E-state index in [1.807, 2.05) is 0 Å². The molecule has 2 nitrogen and oxygen atoms in total. The molecular formula is C24H43NO. The van der Waals surface area contributed by atoms with Gasteiger partial charge in [-0.2, -0.15) is 0 Å². The standard InChI is InChI=1S/C24H43NO/c1-4-20-11-17-25(18-12-20)19-22(26)21-9-8-15-24(3,16-10-21)23(2)13-6-5-7-14-23/h20-21H,4-19H2,1-3H3. The Balaban J connectivity index is 1.52. The highest BCUT2D eigenvalue weighted by molar-refractivity contribution is 5.83. The summed E-state index contributed by atoms with van der Waals surface area (Å²) in [5.41, 5.74) is 0.979. The van der Waals surface area contributed by atoms with Crippen molar-refractivity contribution in [1.82, 2.24) is 4.90 Å². The Morgan fingerprint density at radius 2 is 1.46 bits per heavy atom. The van der Waals surface area contributed by atoms with Crippen molar-refractivity contribution < 1.29 is 4.79 Å². The number of hydrogen-bond acceptors (Lipinski definition) is 2. The summed E-state index contributed by atoms with van der Waals surface area (Å²) in [6.07, 6.45) is 17.2. The van der Waals surface area contributed by atoms with Crippen molar-refractivity contribution in [3.8, 4) is 0 Å². The van der Waals surface area contributed by atoms with Crippen LogP contribution < -0.4 is 0 Å². The summed E-state index contributed by atoms with van der Waals surface area (Å²) in [4.78, 5) is 15.4. The maximum atomic E-state index is 13.0. The largest absolute Gasteiger partial charge is 0.298 e. The van der Waals surface area contributed by atoms with Crippen molar-refractivity contribution in [3.63, 3.8) is 0 Å². The molecule has 0 radical (unpaired) electrons. The predicted molar refractivity (Wildman–Crippen MR) is 110 cm³/mol. The fraction of sp³-hybridized carbons (Fsp3) is 0.958. The van der Waals surface area contributed by atoms with Crippen molar-refractivity contribution in [2.75, 3.05) is 19.6 Å². The third kappa shape index (κ3) is 4.54. The Labute approximate surface area is 162 Å². The fourth-order valence-corrected chi connectivity index (χ4v) is 6.26. The van der Waals surface area contributed by atoms with Crippen LogP contribution in [0.1, 0.15) is 104 Å². The van der Waals surface area contributed by atoms with Gasteiger partial charge in [-0.05, 0) is 81.2 Å². The first kappa shape index (κ1) is 20.4. The smallest absolute Gasteiger partial charge is 0.149 e. The van der Waals surface area contributed by atoms with E-state index in [-0.39, 0.29) is 0 Å². The molecule has 0 aromatic rings. The number of piperidine rings is 1. The van der Waals surface area contributed by atoms with Crippen molar-refractivity contribution in [2.45, 2.75) is 104 Å². The number of carbonyl (C=O) groups excluding carboxylic acids is 1. The van der Waals surface area contributed by atoms with Crippen LogP contribution in [0.3, 0.4) is 0 Å². The first-order valence-electron chi connectivity index (χ1n) is 11.7. The zero-order chi connectivity index (χ0) is 18.6. The van der Waals surface area contributed by atoms with Gasteiger partial charge < -0.3 is 0 Å². The second-order valence-electron chi connectivity index (χ2n) is 10.4. The number of likely N-dealkylation sites (tertiary alicyclic amines) is 1. The molecule has 2 heteroatoms. The molecule has 1 heterocycles. The summed E-state index contributed by atoms with van der Waals surface area (Å²) in [6, 6.07) is 0. The zero-order valence-corrected chi connectivity index (χ0v) is 17.8. The average molecular weight is 362 g/mol. The molecule has 26 heavy (non-hydrogen) atoms. The van der Waals surface area contributed by atoms with Crippen LogP contribution in [0.15, 0.2) is 0 Å². The zero-order valence-electron chi connectivity index (χ0n) is 17.8. The van der Waals surface area contributed by atoms with E-state index in [2.05, 4.69) is 25.7 Å². The molecule has 2 aliphatic carbocycles. The van der Waals surface area contributed by atoms with Crippen LogP contribution in [0.5, 0.6) is 0 Å². The highest BCUT2D eigenvalue weighted by Crippen LogP contribution is 2.56. The van der Waals surface area contributed by atoms with E-state index in [0.29, 0.717) is 22.5 Å². The quantitative estimate of drug-likeness (QED) is 0.541. The van der Waals surface area contributed by atoms with Crippen LogP contribution in [0.4, 0.5) is 0 Å². The number of Topliss-reactive ketones (excluding diaryl/α,β-unsaturated/α-hetero) is 1. The molecule has 1 aliphatic heterocycles. The summed E-state index contributed by atoms with van der Waals surface area (Å²) < 4.78 is 0. The summed E-state index contributed by atoms with van der Waals surface area (Å²) in [6.45, 7) is 10.4. The summed E-state index contributed by atoms with van der Waals surface area (Å²) in [7, 11) is 0. The Kier molecular flexibility index (Phi) is 6.86.